The lowest BCUT2D eigenvalue weighted by Gasteiger charge is -2.24. The van der Waals surface area contributed by atoms with Crippen LogP contribution in [0.1, 0.15) is 12.5 Å². The zero-order valence-corrected chi connectivity index (χ0v) is 13.3. The number of nitrogens with one attached hydrogen (secondary N) is 1. The monoisotopic (exact) mass is 321 g/mol. The molecule has 1 unspecified atom stereocenters. The van der Waals surface area contributed by atoms with Crippen molar-refractivity contribution in [3.05, 3.63) is 60.2 Å². The van der Waals surface area contributed by atoms with Crippen LogP contribution in [-0.2, 0) is 15.6 Å². The fraction of sp³-hybridized carbons (Fsp3) is 0.250. The molecule has 0 spiro atoms. The lowest BCUT2D eigenvalue weighted by Crippen LogP contribution is -2.38. The van der Waals surface area contributed by atoms with Crippen LogP contribution < -0.4 is 9.46 Å². The van der Waals surface area contributed by atoms with Crippen LogP contribution in [0.4, 0.5) is 0 Å². The SMILES string of the molecule is COc1ccccc1S(=O)(=O)NCC(C)(O)c1ccccc1. The van der Waals surface area contributed by atoms with E-state index in [1.807, 2.05) is 6.07 Å². The van der Waals surface area contributed by atoms with Crippen molar-refractivity contribution in [1.29, 1.82) is 0 Å². The molecule has 2 aromatic rings. The summed E-state index contributed by atoms with van der Waals surface area (Å²) in [7, 11) is -2.37. The Bertz CT molecular complexity index is 727. The van der Waals surface area contributed by atoms with Gasteiger partial charge in [-0.1, -0.05) is 42.5 Å². The normalized spacial score (nSPS) is 14.3. The Hall–Kier alpha value is -1.89. The molecule has 2 N–H and O–H groups in total. The van der Waals surface area contributed by atoms with Gasteiger partial charge < -0.3 is 9.84 Å². The van der Waals surface area contributed by atoms with Crippen molar-refractivity contribution in [3.8, 4) is 5.75 Å². The highest BCUT2D eigenvalue weighted by Gasteiger charge is 2.27. The molecule has 0 radical (unpaired) electrons. The molecule has 0 aromatic heterocycles. The summed E-state index contributed by atoms with van der Waals surface area (Å²) in [6, 6.07) is 15.2. The predicted molar refractivity (Wildman–Crippen MR) is 84.2 cm³/mol. The highest BCUT2D eigenvalue weighted by atomic mass is 32.2. The fourth-order valence-corrected chi connectivity index (χ4v) is 3.35. The quantitative estimate of drug-likeness (QED) is 0.852. The molecule has 0 heterocycles. The van der Waals surface area contributed by atoms with Crippen LogP contribution in [0.3, 0.4) is 0 Å². The summed E-state index contributed by atoms with van der Waals surface area (Å²) in [5.74, 6) is 0.259. The maximum atomic E-state index is 12.4. The second kappa shape index (κ2) is 6.48. The van der Waals surface area contributed by atoms with E-state index in [0.29, 0.717) is 5.56 Å². The van der Waals surface area contributed by atoms with Crippen molar-refractivity contribution in [2.45, 2.75) is 17.4 Å². The van der Waals surface area contributed by atoms with Crippen LogP contribution >= 0.6 is 0 Å². The second-order valence-corrected chi connectivity index (χ2v) is 6.85. The Kier molecular flexibility index (Phi) is 4.85. The first-order valence-electron chi connectivity index (χ1n) is 6.77. The van der Waals surface area contributed by atoms with Gasteiger partial charge in [0, 0.05) is 6.54 Å². The zero-order chi connectivity index (χ0) is 16.2. The minimum atomic E-state index is -3.78. The van der Waals surface area contributed by atoms with E-state index >= 15 is 0 Å². The molecule has 2 aromatic carbocycles. The fourth-order valence-electron chi connectivity index (χ4n) is 2.05. The molecule has 5 nitrogen and oxygen atoms in total. The van der Waals surface area contributed by atoms with Crippen molar-refractivity contribution in [2.24, 2.45) is 0 Å². The van der Waals surface area contributed by atoms with E-state index in [9.17, 15) is 13.5 Å². The van der Waals surface area contributed by atoms with Gasteiger partial charge in [0.05, 0.1) is 7.11 Å². The predicted octanol–water partition coefficient (Wildman–Crippen LogP) is 1.88. The summed E-state index contributed by atoms with van der Waals surface area (Å²) < 4.78 is 32.3. The molecule has 118 valence electrons. The van der Waals surface area contributed by atoms with Crippen LogP contribution in [0.2, 0.25) is 0 Å². The molecule has 0 saturated carbocycles. The number of ether oxygens (including phenoxy) is 1. The Morgan fingerprint density at radius 1 is 1.09 bits per heavy atom. The molecule has 0 aliphatic rings. The third kappa shape index (κ3) is 3.65. The van der Waals surface area contributed by atoms with E-state index in [4.69, 9.17) is 4.74 Å². The van der Waals surface area contributed by atoms with E-state index in [0.717, 1.165) is 0 Å². The van der Waals surface area contributed by atoms with Crippen molar-refractivity contribution in [2.75, 3.05) is 13.7 Å². The van der Waals surface area contributed by atoms with Gasteiger partial charge in [-0.25, -0.2) is 13.1 Å². The first-order chi connectivity index (χ1) is 10.4. The molecular weight excluding hydrogens is 302 g/mol. The Morgan fingerprint density at radius 3 is 2.32 bits per heavy atom. The van der Waals surface area contributed by atoms with Gasteiger partial charge in [0.2, 0.25) is 10.0 Å². The maximum Gasteiger partial charge on any atom is 0.244 e. The molecule has 6 heteroatoms. The van der Waals surface area contributed by atoms with Gasteiger partial charge in [0.25, 0.3) is 0 Å². The van der Waals surface area contributed by atoms with Gasteiger partial charge in [-0.2, -0.15) is 0 Å². The van der Waals surface area contributed by atoms with Crippen LogP contribution in [0, 0.1) is 0 Å². The van der Waals surface area contributed by atoms with Crippen LogP contribution in [-0.4, -0.2) is 27.2 Å². The van der Waals surface area contributed by atoms with Crippen LogP contribution in [0.25, 0.3) is 0 Å². The summed E-state index contributed by atoms with van der Waals surface area (Å²) in [4.78, 5) is 0.0429. The number of para-hydroxylation sites is 1. The molecule has 0 bridgehead atoms. The number of hydrogen-bond donors (Lipinski definition) is 2. The van der Waals surface area contributed by atoms with Crippen molar-refractivity contribution >= 4 is 10.0 Å². The number of sulfonamides is 1. The molecule has 0 fully saturated rings. The van der Waals surface area contributed by atoms with Gasteiger partial charge in [-0.3, -0.25) is 0 Å². The lowest BCUT2D eigenvalue weighted by molar-refractivity contribution is 0.0627. The van der Waals surface area contributed by atoms with Gasteiger partial charge in [-0.15, -0.1) is 0 Å². The third-order valence-corrected chi connectivity index (χ3v) is 4.80. The number of aliphatic hydroxyl groups is 1. The summed E-state index contributed by atoms with van der Waals surface area (Å²) >= 11 is 0. The average molecular weight is 321 g/mol. The summed E-state index contributed by atoms with van der Waals surface area (Å²) in [6.45, 7) is 1.42. The maximum absolute atomic E-state index is 12.4. The van der Waals surface area contributed by atoms with E-state index in [2.05, 4.69) is 4.72 Å². The summed E-state index contributed by atoms with van der Waals surface area (Å²) in [5, 5.41) is 10.5. The molecule has 22 heavy (non-hydrogen) atoms. The first-order valence-corrected chi connectivity index (χ1v) is 8.26. The molecule has 0 aliphatic carbocycles. The Balaban J connectivity index is 2.20. The molecule has 1 atom stereocenters. The number of benzene rings is 2. The van der Waals surface area contributed by atoms with Crippen molar-refractivity contribution < 1.29 is 18.3 Å². The Labute approximate surface area is 130 Å². The van der Waals surface area contributed by atoms with E-state index in [-0.39, 0.29) is 17.2 Å². The highest BCUT2D eigenvalue weighted by molar-refractivity contribution is 7.89. The highest BCUT2D eigenvalue weighted by Crippen LogP contribution is 2.24. The molecule has 0 amide bonds. The Morgan fingerprint density at radius 2 is 1.68 bits per heavy atom. The van der Waals surface area contributed by atoms with E-state index in [1.54, 1.807) is 49.4 Å². The van der Waals surface area contributed by atoms with E-state index < -0.39 is 15.6 Å². The molecule has 0 aliphatic heterocycles. The van der Waals surface area contributed by atoms with Crippen LogP contribution in [0.15, 0.2) is 59.5 Å². The molecule has 2 rings (SSSR count). The number of hydrogen-bond acceptors (Lipinski definition) is 4. The first kappa shape index (κ1) is 16.5. The minimum Gasteiger partial charge on any atom is -0.495 e. The van der Waals surface area contributed by atoms with E-state index in [1.165, 1.54) is 13.2 Å². The smallest absolute Gasteiger partial charge is 0.244 e. The van der Waals surface area contributed by atoms with Gasteiger partial charge in [0.1, 0.15) is 16.2 Å². The summed E-state index contributed by atoms with van der Waals surface area (Å²) in [6.07, 6.45) is 0. The molecule has 0 saturated heterocycles. The minimum absolute atomic E-state index is 0.0429. The van der Waals surface area contributed by atoms with Gasteiger partial charge in [-0.05, 0) is 24.6 Å². The lowest BCUT2D eigenvalue weighted by atomic mass is 9.97. The number of rotatable bonds is 6. The zero-order valence-electron chi connectivity index (χ0n) is 12.5. The van der Waals surface area contributed by atoms with Gasteiger partial charge in [0.15, 0.2) is 0 Å². The second-order valence-electron chi connectivity index (χ2n) is 5.12. The topological polar surface area (TPSA) is 75.6 Å². The van der Waals surface area contributed by atoms with Crippen molar-refractivity contribution in [1.82, 2.24) is 4.72 Å². The standard InChI is InChI=1S/C16H19NO4S/c1-16(18,13-8-4-3-5-9-13)12-17-22(19,20)15-11-7-6-10-14(15)21-2/h3-11,17-18H,12H2,1-2H3. The third-order valence-electron chi connectivity index (χ3n) is 3.36. The van der Waals surface area contributed by atoms with Gasteiger partial charge >= 0.3 is 0 Å². The number of methoxy groups -OCH3 is 1. The molecular formula is C16H19NO4S. The summed E-state index contributed by atoms with van der Waals surface area (Å²) in [5.41, 5.74) is -0.672. The largest absolute Gasteiger partial charge is 0.495 e. The van der Waals surface area contributed by atoms with Crippen LogP contribution in [0.5, 0.6) is 5.75 Å². The van der Waals surface area contributed by atoms with Crippen molar-refractivity contribution in [3.63, 3.8) is 0 Å². The average Bonchev–Trinajstić information content (AvgIpc) is 2.54.